The molecule has 4 aromatic rings. The molecule has 0 spiro atoms. The van der Waals surface area contributed by atoms with E-state index in [1.165, 1.54) is 12.1 Å². The van der Waals surface area contributed by atoms with E-state index < -0.39 is 23.7 Å². The summed E-state index contributed by atoms with van der Waals surface area (Å²) >= 11 is 0. The molecule has 4 heterocycles. The Balaban J connectivity index is 0.000000197. The van der Waals surface area contributed by atoms with Gasteiger partial charge in [-0.3, -0.25) is 29.1 Å². The van der Waals surface area contributed by atoms with Crippen molar-refractivity contribution in [2.75, 3.05) is 57.4 Å². The molecule has 2 fully saturated rings. The van der Waals surface area contributed by atoms with Gasteiger partial charge in [0.2, 0.25) is 5.91 Å². The third-order valence-corrected chi connectivity index (χ3v) is 10.0. The normalized spacial score (nSPS) is 17.7. The van der Waals surface area contributed by atoms with Gasteiger partial charge in [0, 0.05) is 68.9 Å². The number of hydrogen-bond donors (Lipinski definition) is 2. The number of hydrogen-bond acceptors (Lipinski definition) is 7. The molecule has 1 aromatic heterocycles. The Hall–Kier alpha value is -5.31. The van der Waals surface area contributed by atoms with E-state index in [2.05, 4.69) is 32.1 Å². The van der Waals surface area contributed by atoms with Crippen molar-refractivity contribution in [2.45, 2.75) is 45.1 Å². The van der Waals surface area contributed by atoms with Crippen molar-refractivity contribution in [3.8, 4) is 5.69 Å². The monoisotopic (exact) mass is 757 g/mol. The number of fused-ring (bicyclic) bond motifs is 1. The minimum atomic E-state index is -4.56. The van der Waals surface area contributed by atoms with Crippen LogP contribution in [0, 0.1) is 6.92 Å². The van der Waals surface area contributed by atoms with Gasteiger partial charge in [0.15, 0.2) is 0 Å². The number of rotatable bonds is 10. The maximum atomic E-state index is 13.2. The first-order valence-electron chi connectivity index (χ1n) is 18.4. The van der Waals surface area contributed by atoms with Gasteiger partial charge in [-0.05, 0) is 49.7 Å². The molecule has 1 atom stereocenters. The first-order valence-corrected chi connectivity index (χ1v) is 18.4. The average molecular weight is 758 g/mol. The number of ether oxygens (including phenoxy) is 1. The fourth-order valence-corrected chi connectivity index (χ4v) is 6.86. The quantitative estimate of drug-likeness (QED) is 0.224. The lowest BCUT2D eigenvalue weighted by Gasteiger charge is -2.42. The maximum absolute atomic E-state index is 13.2. The zero-order valence-corrected chi connectivity index (χ0v) is 31.0. The summed E-state index contributed by atoms with van der Waals surface area (Å²) in [6.07, 6.45) is -4.36. The highest BCUT2D eigenvalue weighted by Crippen LogP contribution is 2.33. The molecule has 2 saturated heterocycles. The molecule has 0 aliphatic carbocycles. The van der Waals surface area contributed by atoms with Crippen molar-refractivity contribution in [1.29, 1.82) is 0 Å². The van der Waals surface area contributed by atoms with E-state index in [0.29, 0.717) is 42.8 Å². The van der Waals surface area contributed by atoms with Crippen LogP contribution >= 0.6 is 0 Å². The molecule has 2 N–H and O–H groups in total. The van der Waals surface area contributed by atoms with Crippen molar-refractivity contribution in [3.63, 3.8) is 0 Å². The van der Waals surface area contributed by atoms with Crippen LogP contribution in [-0.4, -0.2) is 102 Å². The first-order chi connectivity index (χ1) is 26.4. The standard InChI is InChI=1S/C23H21F3N4O2.C18H25N3O2/c1-3-29-21-18(14(2)28-30(21)17-10-5-4-6-11-17)13-19(22(29)32)27-20(31)15-8-7-9-16(12-15)23(24,25)26;1-15(18(22)19-11-16-5-3-2-4-6-16)12-20-7-9-21(10-8-20)17-13-23-14-17/h4-12,19H,3,13H2,1-2H3,(H,27,31);2-6,17H,1,7-14H2,(H,19,22). The third-order valence-electron chi connectivity index (χ3n) is 10.0. The molecular weight excluding hydrogens is 711 g/mol. The molecule has 3 aliphatic heterocycles. The van der Waals surface area contributed by atoms with Gasteiger partial charge in [0.1, 0.15) is 11.9 Å². The van der Waals surface area contributed by atoms with E-state index in [1.807, 2.05) is 74.5 Å². The molecule has 0 bridgehead atoms. The minimum Gasteiger partial charge on any atom is -0.378 e. The Morgan fingerprint density at radius 1 is 0.945 bits per heavy atom. The summed E-state index contributed by atoms with van der Waals surface area (Å²) in [7, 11) is 0. The number of carbonyl (C=O) groups excluding carboxylic acids is 3. The number of nitrogens with zero attached hydrogens (tertiary/aromatic N) is 5. The average Bonchev–Trinajstić information content (AvgIpc) is 3.50. The highest BCUT2D eigenvalue weighted by Gasteiger charge is 2.38. The Bertz CT molecular complexity index is 1970. The molecule has 3 amide bonds. The topological polar surface area (TPSA) is 112 Å². The molecule has 11 nitrogen and oxygen atoms in total. The summed E-state index contributed by atoms with van der Waals surface area (Å²) in [6.45, 7) is 15.0. The summed E-state index contributed by atoms with van der Waals surface area (Å²) < 4.78 is 46.0. The van der Waals surface area contributed by atoms with Gasteiger partial charge in [-0.25, -0.2) is 4.68 Å². The van der Waals surface area contributed by atoms with E-state index >= 15 is 0 Å². The number of piperazine rings is 1. The lowest BCUT2D eigenvalue weighted by molar-refractivity contribution is -0.137. The second kappa shape index (κ2) is 17.4. The lowest BCUT2D eigenvalue weighted by Crippen LogP contribution is -2.56. The second-order valence-corrected chi connectivity index (χ2v) is 13.8. The molecule has 55 heavy (non-hydrogen) atoms. The number of para-hydroxylation sites is 1. The van der Waals surface area contributed by atoms with Crippen LogP contribution in [0.5, 0.6) is 0 Å². The number of aryl methyl sites for hydroxylation is 1. The Morgan fingerprint density at radius 3 is 2.24 bits per heavy atom. The molecule has 14 heteroatoms. The number of halogens is 3. The van der Waals surface area contributed by atoms with Gasteiger partial charge in [0.05, 0.1) is 36.2 Å². The largest absolute Gasteiger partial charge is 0.416 e. The molecule has 0 radical (unpaired) electrons. The van der Waals surface area contributed by atoms with Crippen LogP contribution in [0.3, 0.4) is 0 Å². The van der Waals surface area contributed by atoms with Crippen molar-refractivity contribution < 1.29 is 32.3 Å². The van der Waals surface area contributed by atoms with E-state index in [4.69, 9.17) is 4.74 Å². The van der Waals surface area contributed by atoms with Crippen LogP contribution in [0.1, 0.15) is 39.7 Å². The highest BCUT2D eigenvalue weighted by atomic mass is 19.4. The van der Waals surface area contributed by atoms with Gasteiger partial charge in [-0.15, -0.1) is 0 Å². The molecule has 290 valence electrons. The van der Waals surface area contributed by atoms with E-state index in [0.717, 1.165) is 68.3 Å². The van der Waals surface area contributed by atoms with E-state index in [-0.39, 0.29) is 23.8 Å². The van der Waals surface area contributed by atoms with Gasteiger partial charge in [-0.2, -0.15) is 18.3 Å². The number of anilines is 1. The predicted molar refractivity (Wildman–Crippen MR) is 203 cm³/mol. The Labute approximate surface area is 318 Å². The van der Waals surface area contributed by atoms with Gasteiger partial charge in [0.25, 0.3) is 11.8 Å². The first kappa shape index (κ1) is 39.4. The van der Waals surface area contributed by atoms with Gasteiger partial charge < -0.3 is 15.4 Å². The summed E-state index contributed by atoms with van der Waals surface area (Å²) in [5, 5.41) is 10.1. The van der Waals surface area contributed by atoms with Crippen molar-refractivity contribution in [1.82, 2.24) is 30.2 Å². The van der Waals surface area contributed by atoms with Crippen molar-refractivity contribution >= 4 is 23.5 Å². The number of carbonyl (C=O) groups is 3. The van der Waals surface area contributed by atoms with Crippen LogP contribution in [0.2, 0.25) is 0 Å². The molecule has 3 aromatic carbocycles. The van der Waals surface area contributed by atoms with Crippen LogP contribution in [-0.2, 0) is 33.5 Å². The van der Waals surface area contributed by atoms with Gasteiger partial charge in [-0.1, -0.05) is 61.2 Å². The second-order valence-electron chi connectivity index (χ2n) is 13.8. The molecule has 7 rings (SSSR count). The smallest absolute Gasteiger partial charge is 0.378 e. The van der Waals surface area contributed by atoms with E-state index in [9.17, 15) is 27.6 Å². The predicted octanol–water partition coefficient (Wildman–Crippen LogP) is 4.78. The number of likely N-dealkylation sites (N-methyl/N-ethyl adjacent to an activating group) is 1. The number of alkyl halides is 3. The zero-order valence-electron chi connectivity index (χ0n) is 31.0. The summed E-state index contributed by atoms with van der Waals surface area (Å²) in [5.41, 5.74) is 2.99. The summed E-state index contributed by atoms with van der Waals surface area (Å²) in [5.74, 6) is -0.478. The van der Waals surface area contributed by atoms with Crippen LogP contribution in [0.15, 0.2) is 97.1 Å². The number of aromatic nitrogens is 2. The van der Waals surface area contributed by atoms with Crippen LogP contribution < -0.4 is 15.5 Å². The minimum absolute atomic E-state index is 0.0522. The number of amides is 3. The maximum Gasteiger partial charge on any atom is 0.416 e. The summed E-state index contributed by atoms with van der Waals surface area (Å²) in [4.78, 5) is 44.4. The molecular formula is C41H46F3N7O4. The van der Waals surface area contributed by atoms with Crippen molar-refractivity contribution in [2.24, 2.45) is 0 Å². The van der Waals surface area contributed by atoms with E-state index in [1.54, 1.807) is 9.58 Å². The lowest BCUT2D eigenvalue weighted by atomic mass is 9.99. The fraction of sp³-hybridized carbons (Fsp3) is 0.366. The Morgan fingerprint density at radius 2 is 1.62 bits per heavy atom. The van der Waals surface area contributed by atoms with Crippen LogP contribution in [0.25, 0.3) is 5.69 Å². The highest BCUT2D eigenvalue weighted by molar-refractivity contribution is 6.04. The SMILES string of the molecule is C=C(CN1CCN(C2COC2)CC1)C(=O)NCc1ccccc1.CCN1C(=O)C(NC(=O)c2cccc(C(F)(F)F)c2)Cc2c(C)nn(-c3ccccc3)c21. The zero-order chi connectivity index (χ0) is 39.1. The van der Waals surface area contributed by atoms with Crippen molar-refractivity contribution in [3.05, 3.63) is 125 Å². The Kier molecular flexibility index (Phi) is 12.5. The van der Waals surface area contributed by atoms with Crippen LogP contribution in [0.4, 0.5) is 19.0 Å². The molecule has 1 unspecified atom stereocenters. The number of nitrogens with one attached hydrogen (secondary N) is 2. The molecule has 3 aliphatic rings. The third kappa shape index (κ3) is 9.50. The molecule has 0 saturated carbocycles. The fourth-order valence-electron chi connectivity index (χ4n) is 6.86. The number of benzene rings is 3. The summed E-state index contributed by atoms with van der Waals surface area (Å²) in [6, 6.07) is 23.2. The van der Waals surface area contributed by atoms with Gasteiger partial charge >= 0.3 is 6.18 Å².